The molecule has 0 spiro atoms. The van der Waals surface area contributed by atoms with Gasteiger partial charge >= 0.3 is 0 Å². The number of pyridine rings is 1. The van der Waals surface area contributed by atoms with Gasteiger partial charge in [-0.25, -0.2) is 0 Å². The van der Waals surface area contributed by atoms with Crippen molar-refractivity contribution in [2.45, 2.75) is 25.8 Å². The topological polar surface area (TPSA) is 51.7 Å². The molecule has 5 nitrogen and oxygen atoms in total. The van der Waals surface area contributed by atoms with Crippen molar-refractivity contribution in [2.24, 2.45) is 0 Å². The molecule has 1 aliphatic rings. The first kappa shape index (κ1) is 16.3. The number of hydrogen-bond acceptors (Lipinski definition) is 4. The van der Waals surface area contributed by atoms with E-state index in [4.69, 9.17) is 9.47 Å². The summed E-state index contributed by atoms with van der Waals surface area (Å²) in [4.78, 5) is 18.6. The number of aromatic nitrogens is 1. The summed E-state index contributed by atoms with van der Waals surface area (Å²) in [5.41, 5.74) is 2.03. The largest absolute Gasteiger partial charge is 0.497 e. The van der Waals surface area contributed by atoms with E-state index in [1.807, 2.05) is 48.2 Å². The molecule has 1 saturated heterocycles. The van der Waals surface area contributed by atoms with Crippen molar-refractivity contribution in [2.75, 3.05) is 20.3 Å². The Hall–Kier alpha value is -2.56. The molecule has 0 aliphatic carbocycles. The van der Waals surface area contributed by atoms with Gasteiger partial charge < -0.3 is 14.4 Å². The Balaban J connectivity index is 1.65. The molecule has 0 unspecified atom stereocenters. The van der Waals surface area contributed by atoms with Gasteiger partial charge in [-0.2, -0.15) is 0 Å². The summed E-state index contributed by atoms with van der Waals surface area (Å²) in [6.07, 6.45) is 3.61. The van der Waals surface area contributed by atoms with Crippen molar-refractivity contribution in [3.05, 3.63) is 53.9 Å². The Morgan fingerprint density at radius 2 is 2.17 bits per heavy atom. The van der Waals surface area contributed by atoms with Crippen molar-refractivity contribution in [3.63, 3.8) is 0 Å². The van der Waals surface area contributed by atoms with Gasteiger partial charge in [0.1, 0.15) is 11.5 Å². The number of aryl methyl sites for hydroxylation is 1. The Morgan fingerprint density at radius 1 is 1.29 bits per heavy atom. The molecule has 1 amide bonds. The predicted octanol–water partition coefficient (Wildman–Crippen LogP) is 3.14. The van der Waals surface area contributed by atoms with E-state index in [0.717, 1.165) is 36.4 Å². The Bertz CT molecular complexity index is 700. The van der Waals surface area contributed by atoms with Crippen LogP contribution in [0.1, 0.15) is 30.1 Å². The number of methoxy groups -OCH3 is 1. The Morgan fingerprint density at radius 3 is 2.92 bits per heavy atom. The Labute approximate surface area is 142 Å². The maximum atomic E-state index is 12.6. The molecule has 24 heavy (non-hydrogen) atoms. The zero-order valence-electron chi connectivity index (χ0n) is 14.1. The van der Waals surface area contributed by atoms with Crippen molar-refractivity contribution in [1.29, 1.82) is 0 Å². The average Bonchev–Trinajstić information content (AvgIpc) is 3.11. The number of amides is 1. The van der Waals surface area contributed by atoms with Gasteiger partial charge in [0.05, 0.1) is 19.3 Å². The molecule has 0 N–H and O–H groups in total. The van der Waals surface area contributed by atoms with Crippen LogP contribution in [-0.2, 0) is 4.79 Å². The van der Waals surface area contributed by atoms with E-state index in [1.165, 1.54) is 0 Å². The number of nitrogens with zero attached hydrogens (tertiary/aromatic N) is 2. The molecule has 1 aliphatic heterocycles. The van der Waals surface area contributed by atoms with Gasteiger partial charge in [0, 0.05) is 12.2 Å². The molecular formula is C19H22N2O3. The maximum absolute atomic E-state index is 12.6. The van der Waals surface area contributed by atoms with Crippen LogP contribution in [0.2, 0.25) is 0 Å². The van der Waals surface area contributed by atoms with Crippen LogP contribution in [0, 0.1) is 6.92 Å². The molecule has 1 atom stereocenters. The fourth-order valence-electron chi connectivity index (χ4n) is 3.03. The molecule has 0 radical (unpaired) electrons. The number of hydrogen-bond donors (Lipinski definition) is 0. The first-order valence-corrected chi connectivity index (χ1v) is 8.16. The van der Waals surface area contributed by atoms with Crippen LogP contribution in [0.25, 0.3) is 0 Å². The molecule has 5 heteroatoms. The van der Waals surface area contributed by atoms with Crippen LogP contribution < -0.4 is 9.47 Å². The van der Waals surface area contributed by atoms with Gasteiger partial charge in [-0.15, -0.1) is 0 Å². The van der Waals surface area contributed by atoms with Crippen LogP contribution in [0.5, 0.6) is 11.5 Å². The quantitative estimate of drug-likeness (QED) is 0.847. The number of likely N-dealkylation sites (tertiary alicyclic amines) is 1. The fourth-order valence-corrected chi connectivity index (χ4v) is 3.03. The molecule has 2 heterocycles. The lowest BCUT2D eigenvalue weighted by Crippen LogP contribution is -2.34. The maximum Gasteiger partial charge on any atom is 0.261 e. The Kier molecular flexibility index (Phi) is 4.99. The van der Waals surface area contributed by atoms with E-state index < -0.39 is 0 Å². The number of benzene rings is 1. The molecule has 1 aromatic heterocycles. The van der Waals surface area contributed by atoms with Gasteiger partial charge in [0.25, 0.3) is 5.91 Å². The SMILES string of the molecule is COc1cccc([C@H]2CCCN2C(=O)COc2ccc(C)nc2)c1. The second-order valence-electron chi connectivity index (χ2n) is 5.95. The van der Waals surface area contributed by atoms with E-state index in [0.29, 0.717) is 5.75 Å². The van der Waals surface area contributed by atoms with Gasteiger partial charge in [-0.1, -0.05) is 12.1 Å². The normalized spacial score (nSPS) is 16.9. The molecule has 0 bridgehead atoms. The third-order valence-corrected chi connectivity index (χ3v) is 4.30. The van der Waals surface area contributed by atoms with Crippen molar-refractivity contribution < 1.29 is 14.3 Å². The minimum atomic E-state index is 0.000829. The number of carbonyl (C=O) groups is 1. The van der Waals surface area contributed by atoms with Crippen LogP contribution in [-0.4, -0.2) is 36.1 Å². The third kappa shape index (κ3) is 3.67. The average molecular weight is 326 g/mol. The molecule has 2 aromatic rings. The summed E-state index contributed by atoms with van der Waals surface area (Å²) in [6, 6.07) is 11.7. The summed E-state index contributed by atoms with van der Waals surface area (Å²) in [6.45, 7) is 2.71. The number of rotatable bonds is 5. The lowest BCUT2D eigenvalue weighted by molar-refractivity contribution is -0.134. The van der Waals surface area contributed by atoms with Gasteiger partial charge in [0.2, 0.25) is 0 Å². The molecule has 1 aromatic carbocycles. The fraction of sp³-hybridized carbons (Fsp3) is 0.368. The van der Waals surface area contributed by atoms with E-state index in [2.05, 4.69) is 4.98 Å². The van der Waals surface area contributed by atoms with E-state index in [1.54, 1.807) is 13.3 Å². The van der Waals surface area contributed by atoms with Crippen LogP contribution >= 0.6 is 0 Å². The number of carbonyl (C=O) groups excluding carboxylic acids is 1. The summed E-state index contributed by atoms with van der Waals surface area (Å²) in [5, 5.41) is 0. The zero-order chi connectivity index (χ0) is 16.9. The van der Waals surface area contributed by atoms with Gasteiger partial charge in [-0.05, 0) is 49.6 Å². The monoisotopic (exact) mass is 326 g/mol. The zero-order valence-corrected chi connectivity index (χ0v) is 14.1. The van der Waals surface area contributed by atoms with E-state index >= 15 is 0 Å². The van der Waals surface area contributed by atoms with Crippen LogP contribution in [0.4, 0.5) is 0 Å². The highest BCUT2D eigenvalue weighted by atomic mass is 16.5. The lowest BCUT2D eigenvalue weighted by Gasteiger charge is -2.25. The third-order valence-electron chi connectivity index (χ3n) is 4.30. The minimum Gasteiger partial charge on any atom is -0.497 e. The van der Waals surface area contributed by atoms with Crippen LogP contribution in [0.15, 0.2) is 42.6 Å². The molecule has 0 saturated carbocycles. The molecular weight excluding hydrogens is 304 g/mol. The smallest absolute Gasteiger partial charge is 0.261 e. The van der Waals surface area contributed by atoms with Crippen molar-refractivity contribution >= 4 is 5.91 Å². The minimum absolute atomic E-state index is 0.000829. The van der Waals surface area contributed by atoms with E-state index in [-0.39, 0.29) is 18.6 Å². The summed E-state index contributed by atoms with van der Waals surface area (Å²) in [7, 11) is 1.65. The number of ether oxygens (including phenoxy) is 2. The first-order valence-electron chi connectivity index (χ1n) is 8.16. The van der Waals surface area contributed by atoms with E-state index in [9.17, 15) is 4.79 Å². The predicted molar refractivity (Wildman–Crippen MR) is 91.2 cm³/mol. The standard InChI is InChI=1S/C19H22N2O3/c1-14-8-9-17(12-20-14)24-13-19(22)21-10-4-7-18(21)15-5-3-6-16(11-15)23-2/h3,5-6,8-9,11-12,18H,4,7,10,13H2,1-2H3/t18-/m1/s1. The molecule has 1 fully saturated rings. The second kappa shape index (κ2) is 7.34. The first-order chi connectivity index (χ1) is 11.7. The summed E-state index contributed by atoms with van der Waals surface area (Å²) < 4.78 is 10.9. The van der Waals surface area contributed by atoms with Crippen molar-refractivity contribution in [3.8, 4) is 11.5 Å². The summed E-state index contributed by atoms with van der Waals surface area (Å²) >= 11 is 0. The van der Waals surface area contributed by atoms with Crippen LogP contribution in [0.3, 0.4) is 0 Å². The molecule has 3 rings (SSSR count). The highest BCUT2D eigenvalue weighted by Gasteiger charge is 2.30. The van der Waals surface area contributed by atoms with Gasteiger partial charge in [-0.3, -0.25) is 9.78 Å². The van der Waals surface area contributed by atoms with Gasteiger partial charge in [0.15, 0.2) is 6.61 Å². The second-order valence-corrected chi connectivity index (χ2v) is 5.95. The highest BCUT2D eigenvalue weighted by Crippen LogP contribution is 2.33. The van der Waals surface area contributed by atoms with Crippen molar-refractivity contribution in [1.82, 2.24) is 9.88 Å². The summed E-state index contributed by atoms with van der Waals surface area (Å²) in [5.74, 6) is 1.43. The molecule has 126 valence electrons. The highest BCUT2D eigenvalue weighted by molar-refractivity contribution is 5.78. The lowest BCUT2D eigenvalue weighted by atomic mass is 10.0.